The minimum absolute atomic E-state index is 0.0362. The standard InChI is InChI=1S/C18H18ClN5O/c1-13-5-7-14(8-6-13)18(25)24-11-9-23(10-12-24)17-15(19)3-2-4-16(17)21-22-20/h2-8H,9-12H2,1H3. The summed E-state index contributed by atoms with van der Waals surface area (Å²) in [6.07, 6.45) is 0. The van der Waals surface area contributed by atoms with Crippen LogP contribution < -0.4 is 4.90 Å². The van der Waals surface area contributed by atoms with Gasteiger partial charge in [0.25, 0.3) is 5.91 Å². The van der Waals surface area contributed by atoms with Gasteiger partial charge in [-0.05, 0) is 30.7 Å². The molecule has 1 heterocycles. The fourth-order valence-electron chi connectivity index (χ4n) is 2.96. The average molecular weight is 356 g/mol. The van der Waals surface area contributed by atoms with Gasteiger partial charge in [-0.2, -0.15) is 0 Å². The summed E-state index contributed by atoms with van der Waals surface area (Å²) in [6.45, 7) is 4.45. The van der Waals surface area contributed by atoms with Crippen molar-refractivity contribution in [2.45, 2.75) is 6.92 Å². The van der Waals surface area contributed by atoms with Crippen molar-refractivity contribution in [3.8, 4) is 0 Å². The van der Waals surface area contributed by atoms with Crippen molar-refractivity contribution in [2.24, 2.45) is 5.11 Å². The van der Waals surface area contributed by atoms with Gasteiger partial charge in [0.05, 0.1) is 16.4 Å². The lowest BCUT2D eigenvalue weighted by atomic mass is 10.1. The predicted molar refractivity (Wildman–Crippen MR) is 99.6 cm³/mol. The molecule has 2 aromatic rings. The zero-order chi connectivity index (χ0) is 17.8. The minimum atomic E-state index is 0.0362. The Hall–Kier alpha value is -2.69. The highest BCUT2D eigenvalue weighted by Gasteiger charge is 2.24. The fraction of sp³-hybridized carbons (Fsp3) is 0.278. The molecule has 1 fully saturated rings. The van der Waals surface area contributed by atoms with Crippen molar-refractivity contribution >= 4 is 28.9 Å². The number of azide groups is 1. The number of halogens is 1. The van der Waals surface area contributed by atoms with Crippen LogP contribution in [0.4, 0.5) is 11.4 Å². The number of nitrogens with zero attached hydrogens (tertiary/aromatic N) is 5. The molecule has 1 aliphatic heterocycles. The number of anilines is 1. The van der Waals surface area contributed by atoms with E-state index in [1.807, 2.05) is 36.1 Å². The third-order valence-electron chi connectivity index (χ3n) is 4.30. The second kappa shape index (κ2) is 7.47. The molecule has 0 spiro atoms. The summed E-state index contributed by atoms with van der Waals surface area (Å²) in [5.74, 6) is 0.0362. The van der Waals surface area contributed by atoms with Crippen molar-refractivity contribution in [3.05, 3.63) is 69.1 Å². The molecular formula is C18H18ClN5O. The van der Waals surface area contributed by atoms with Crippen molar-refractivity contribution in [2.75, 3.05) is 31.1 Å². The number of para-hydroxylation sites is 1. The van der Waals surface area contributed by atoms with Crippen LogP contribution in [-0.4, -0.2) is 37.0 Å². The maximum atomic E-state index is 12.6. The van der Waals surface area contributed by atoms with Gasteiger partial charge >= 0.3 is 0 Å². The predicted octanol–water partition coefficient (Wildman–Crippen LogP) is 4.55. The SMILES string of the molecule is Cc1ccc(C(=O)N2CCN(c3c(Cl)cccc3N=[N+]=[N-])CC2)cc1. The Kier molecular flexibility index (Phi) is 5.12. The number of hydrogen-bond donors (Lipinski definition) is 0. The lowest BCUT2D eigenvalue weighted by molar-refractivity contribution is 0.0747. The van der Waals surface area contributed by atoms with E-state index in [0.29, 0.717) is 42.5 Å². The summed E-state index contributed by atoms with van der Waals surface area (Å²) in [5.41, 5.74) is 11.8. The smallest absolute Gasteiger partial charge is 0.253 e. The van der Waals surface area contributed by atoms with E-state index in [1.165, 1.54) is 0 Å². The van der Waals surface area contributed by atoms with Crippen molar-refractivity contribution in [1.29, 1.82) is 0 Å². The van der Waals surface area contributed by atoms with Crippen LogP contribution in [0.3, 0.4) is 0 Å². The first-order chi connectivity index (χ1) is 12.1. The molecule has 1 saturated heterocycles. The van der Waals surface area contributed by atoms with E-state index in [2.05, 4.69) is 14.9 Å². The molecular weight excluding hydrogens is 338 g/mol. The van der Waals surface area contributed by atoms with Crippen molar-refractivity contribution in [1.82, 2.24) is 4.90 Å². The summed E-state index contributed by atoms with van der Waals surface area (Å²) < 4.78 is 0. The third kappa shape index (κ3) is 3.71. The molecule has 0 aromatic heterocycles. The quantitative estimate of drug-likeness (QED) is 0.460. The Bertz CT molecular complexity index is 822. The molecule has 25 heavy (non-hydrogen) atoms. The van der Waals surface area contributed by atoms with Gasteiger partial charge < -0.3 is 9.80 Å². The van der Waals surface area contributed by atoms with Crippen LogP contribution in [-0.2, 0) is 0 Å². The van der Waals surface area contributed by atoms with Crippen LogP contribution in [0.2, 0.25) is 5.02 Å². The molecule has 0 unspecified atom stereocenters. The molecule has 1 aliphatic rings. The molecule has 0 atom stereocenters. The second-order valence-corrected chi connectivity index (χ2v) is 6.35. The fourth-order valence-corrected chi connectivity index (χ4v) is 3.25. The van der Waals surface area contributed by atoms with Crippen LogP contribution in [0.25, 0.3) is 10.4 Å². The number of aryl methyl sites for hydroxylation is 1. The first-order valence-corrected chi connectivity index (χ1v) is 8.42. The lowest BCUT2D eigenvalue weighted by Crippen LogP contribution is -2.48. The Morgan fingerprint density at radius 3 is 2.44 bits per heavy atom. The summed E-state index contributed by atoms with van der Waals surface area (Å²) >= 11 is 6.30. The van der Waals surface area contributed by atoms with Crippen LogP contribution in [0.5, 0.6) is 0 Å². The van der Waals surface area contributed by atoms with E-state index in [-0.39, 0.29) is 5.91 Å². The molecule has 7 heteroatoms. The van der Waals surface area contributed by atoms with E-state index >= 15 is 0 Å². The first kappa shape index (κ1) is 17.1. The maximum absolute atomic E-state index is 12.6. The van der Waals surface area contributed by atoms with Gasteiger partial charge in [-0.25, -0.2) is 0 Å². The number of carbonyl (C=O) groups is 1. The normalized spacial score (nSPS) is 14.2. The molecule has 6 nitrogen and oxygen atoms in total. The van der Waals surface area contributed by atoms with Gasteiger partial charge in [0.1, 0.15) is 0 Å². The summed E-state index contributed by atoms with van der Waals surface area (Å²) in [5, 5.41) is 4.27. The largest absolute Gasteiger partial charge is 0.366 e. The zero-order valence-corrected chi connectivity index (χ0v) is 14.6. The van der Waals surface area contributed by atoms with Gasteiger partial charge in [0.15, 0.2) is 0 Å². The van der Waals surface area contributed by atoms with Gasteiger partial charge in [0.2, 0.25) is 0 Å². The van der Waals surface area contributed by atoms with E-state index < -0.39 is 0 Å². The highest BCUT2D eigenvalue weighted by molar-refractivity contribution is 6.34. The lowest BCUT2D eigenvalue weighted by Gasteiger charge is -2.37. The number of piperazine rings is 1. The van der Waals surface area contributed by atoms with Crippen molar-refractivity contribution < 1.29 is 4.79 Å². The molecule has 0 saturated carbocycles. The molecule has 128 valence electrons. The first-order valence-electron chi connectivity index (χ1n) is 8.04. The topological polar surface area (TPSA) is 72.3 Å². The highest BCUT2D eigenvalue weighted by Crippen LogP contribution is 2.36. The van der Waals surface area contributed by atoms with Gasteiger partial charge in [0, 0.05) is 36.7 Å². The monoisotopic (exact) mass is 355 g/mol. The van der Waals surface area contributed by atoms with E-state index in [4.69, 9.17) is 17.1 Å². The van der Waals surface area contributed by atoms with Gasteiger partial charge in [-0.15, -0.1) is 0 Å². The number of carbonyl (C=O) groups excluding carboxylic acids is 1. The van der Waals surface area contributed by atoms with Crippen molar-refractivity contribution in [3.63, 3.8) is 0 Å². The third-order valence-corrected chi connectivity index (χ3v) is 4.60. The number of hydrogen-bond acceptors (Lipinski definition) is 3. The van der Waals surface area contributed by atoms with Crippen LogP contribution in [0.1, 0.15) is 15.9 Å². The number of rotatable bonds is 3. The molecule has 2 aromatic carbocycles. The molecule has 3 rings (SSSR count). The van der Waals surface area contributed by atoms with Crippen LogP contribution >= 0.6 is 11.6 Å². The van der Waals surface area contributed by atoms with E-state index in [0.717, 1.165) is 11.3 Å². The highest BCUT2D eigenvalue weighted by atomic mass is 35.5. The molecule has 0 aliphatic carbocycles. The number of amides is 1. The number of benzene rings is 2. The molecule has 0 N–H and O–H groups in total. The Labute approximate surface area is 151 Å². The Morgan fingerprint density at radius 1 is 1.12 bits per heavy atom. The molecule has 0 bridgehead atoms. The van der Waals surface area contributed by atoms with Crippen LogP contribution in [0, 0.1) is 6.92 Å². The van der Waals surface area contributed by atoms with E-state index in [1.54, 1.807) is 18.2 Å². The van der Waals surface area contributed by atoms with Gasteiger partial charge in [-0.3, -0.25) is 4.79 Å². The zero-order valence-electron chi connectivity index (χ0n) is 13.9. The molecule has 1 amide bonds. The Balaban J connectivity index is 1.73. The summed E-state index contributed by atoms with van der Waals surface area (Å²) in [7, 11) is 0. The maximum Gasteiger partial charge on any atom is 0.253 e. The van der Waals surface area contributed by atoms with Gasteiger partial charge in [-0.1, -0.05) is 46.5 Å². The molecule has 0 radical (unpaired) electrons. The summed E-state index contributed by atoms with van der Waals surface area (Å²) in [6, 6.07) is 12.9. The Morgan fingerprint density at radius 2 is 1.80 bits per heavy atom. The minimum Gasteiger partial charge on any atom is -0.366 e. The summed E-state index contributed by atoms with van der Waals surface area (Å²) in [4.78, 5) is 19.4. The average Bonchev–Trinajstić information content (AvgIpc) is 2.62. The van der Waals surface area contributed by atoms with E-state index in [9.17, 15) is 4.79 Å². The second-order valence-electron chi connectivity index (χ2n) is 5.94. The van der Waals surface area contributed by atoms with Crippen LogP contribution in [0.15, 0.2) is 47.6 Å².